The van der Waals surface area contributed by atoms with Gasteiger partial charge in [-0.2, -0.15) is 0 Å². The Labute approximate surface area is 168 Å². The van der Waals surface area contributed by atoms with Gasteiger partial charge in [-0.05, 0) is 38.1 Å². The van der Waals surface area contributed by atoms with E-state index in [-0.39, 0.29) is 17.3 Å². The molecule has 1 aromatic heterocycles. The number of aromatic nitrogens is 3. The largest absolute Gasteiger partial charge is 0.376 e. The lowest BCUT2D eigenvalue weighted by molar-refractivity contribution is -0.115. The number of amides is 1. The third kappa shape index (κ3) is 4.05. The fraction of sp³-hybridized carbons (Fsp3) is 0.381. The highest BCUT2D eigenvalue weighted by Crippen LogP contribution is 2.27. The summed E-state index contributed by atoms with van der Waals surface area (Å²) in [5, 5.41) is 14.1. The second-order valence-corrected chi connectivity index (χ2v) is 8.36. The third-order valence-corrected chi connectivity index (χ3v) is 6.09. The molecule has 1 fully saturated rings. The van der Waals surface area contributed by atoms with Gasteiger partial charge in [0.25, 0.3) is 0 Å². The van der Waals surface area contributed by atoms with E-state index in [1.54, 1.807) is 0 Å². The normalized spacial score (nSPS) is 17.7. The van der Waals surface area contributed by atoms with Gasteiger partial charge in [-0.25, -0.2) is 0 Å². The molecule has 1 amide bonds. The lowest BCUT2D eigenvalue weighted by Crippen LogP contribution is -2.23. The highest BCUT2D eigenvalue weighted by Gasteiger charge is 2.23. The Hall–Kier alpha value is -2.38. The van der Waals surface area contributed by atoms with Crippen molar-refractivity contribution in [3.8, 4) is 0 Å². The minimum Gasteiger partial charge on any atom is -0.376 e. The molecule has 6 nitrogen and oxygen atoms in total. The Bertz CT molecular complexity index is 976. The number of fused-ring (bicyclic) bond motifs is 1. The molecule has 1 saturated heterocycles. The highest BCUT2D eigenvalue weighted by atomic mass is 32.2. The Kier molecular flexibility index (Phi) is 5.64. The molecule has 0 bridgehead atoms. The summed E-state index contributed by atoms with van der Waals surface area (Å²) in [5.41, 5.74) is 0.826. The molecule has 4 rings (SSSR count). The Balaban J connectivity index is 1.46. The Morgan fingerprint density at radius 2 is 2.11 bits per heavy atom. The maximum Gasteiger partial charge on any atom is 0.237 e. The number of aryl methyl sites for hydroxylation is 1. The molecular weight excluding hydrogens is 372 g/mol. The average molecular weight is 397 g/mol. The first-order chi connectivity index (χ1) is 13.6. The van der Waals surface area contributed by atoms with Crippen molar-refractivity contribution in [3.05, 3.63) is 48.3 Å². The van der Waals surface area contributed by atoms with Crippen LogP contribution < -0.4 is 5.32 Å². The number of anilines is 1. The van der Waals surface area contributed by atoms with Crippen LogP contribution in [0.25, 0.3) is 10.8 Å². The van der Waals surface area contributed by atoms with Crippen LogP contribution in [0.4, 0.5) is 5.69 Å². The number of thioether (sulfide) groups is 1. The van der Waals surface area contributed by atoms with Gasteiger partial charge in [-0.3, -0.25) is 4.79 Å². The van der Waals surface area contributed by atoms with Gasteiger partial charge in [-0.15, -0.1) is 10.2 Å². The van der Waals surface area contributed by atoms with Crippen LogP contribution in [0, 0.1) is 6.92 Å². The van der Waals surface area contributed by atoms with E-state index in [0.29, 0.717) is 0 Å². The molecule has 2 atom stereocenters. The van der Waals surface area contributed by atoms with Crippen molar-refractivity contribution in [2.24, 2.45) is 0 Å². The van der Waals surface area contributed by atoms with Crippen LogP contribution in [-0.2, 0) is 16.1 Å². The predicted molar refractivity (Wildman–Crippen MR) is 112 cm³/mol. The first kappa shape index (κ1) is 19.0. The van der Waals surface area contributed by atoms with Gasteiger partial charge >= 0.3 is 0 Å². The van der Waals surface area contributed by atoms with Gasteiger partial charge in [0.1, 0.15) is 5.82 Å². The Morgan fingerprint density at radius 3 is 2.93 bits per heavy atom. The van der Waals surface area contributed by atoms with Gasteiger partial charge in [0.05, 0.1) is 17.9 Å². The summed E-state index contributed by atoms with van der Waals surface area (Å²) < 4.78 is 7.80. The molecule has 0 unspecified atom stereocenters. The van der Waals surface area contributed by atoms with E-state index in [9.17, 15) is 4.79 Å². The SMILES string of the molecule is Cc1nnc(S[C@@H](C)C(=O)Nc2cccc3ccccc23)n1C[C@@H]1CCCO1. The van der Waals surface area contributed by atoms with Crippen LogP contribution in [0.2, 0.25) is 0 Å². The number of benzene rings is 2. The zero-order valence-electron chi connectivity index (χ0n) is 16.1. The van der Waals surface area contributed by atoms with E-state index >= 15 is 0 Å². The fourth-order valence-electron chi connectivity index (χ4n) is 3.43. The minimum atomic E-state index is -0.300. The number of nitrogens with one attached hydrogen (secondary N) is 1. The first-order valence-corrected chi connectivity index (χ1v) is 10.5. The summed E-state index contributed by atoms with van der Waals surface area (Å²) in [6.45, 7) is 5.38. The van der Waals surface area contributed by atoms with Crippen molar-refractivity contribution in [2.45, 2.75) is 49.7 Å². The van der Waals surface area contributed by atoms with Crippen molar-refractivity contribution in [1.29, 1.82) is 0 Å². The van der Waals surface area contributed by atoms with Crippen molar-refractivity contribution in [2.75, 3.05) is 11.9 Å². The van der Waals surface area contributed by atoms with Gasteiger partial charge in [0.2, 0.25) is 5.91 Å². The maximum atomic E-state index is 12.8. The van der Waals surface area contributed by atoms with Gasteiger partial charge in [-0.1, -0.05) is 48.2 Å². The number of carbonyl (C=O) groups is 1. The summed E-state index contributed by atoms with van der Waals surface area (Å²) in [5.74, 6) is 0.797. The topological polar surface area (TPSA) is 69.0 Å². The van der Waals surface area contributed by atoms with Gasteiger partial charge < -0.3 is 14.6 Å². The fourth-order valence-corrected chi connectivity index (χ4v) is 4.34. The van der Waals surface area contributed by atoms with Gasteiger partial charge in [0.15, 0.2) is 5.16 Å². The lowest BCUT2D eigenvalue weighted by atomic mass is 10.1. The lowest BCUT2D eigenvalue weighted by Gasteiger charge is -2.16. The van der Waals surface area contributed by atoms with E-state index < -0.39 is 0 Å². The number of carbonyl (C=O) groups excluding carboxylic acids is 1. The quantitative estimate of drug-likeness (QED) is 0.637. The standard InChI is InChI=1S/C21H24N4O2S/c1-14(20(26)22-19-11-5-8-16-7-3-4-10-18(16)19)28-21-24-23-15(2)25(21)13-17-9-6-12-27-17/h3-5,7-8,10-11,14,17H,6,9,12-13H2,1-2H3,(H,22,26)/t14-,17-/m0/s1. The molecule has 0 spiro atoms. The van der Waals surface area contributed by atoms with Crippen LogP contribution in [-0.4, -0.2) is 38.6 Å². The van der Waals surface area contributed by atoms with E-state index in [1.807, 2.05) is 56.3 Å². The summed E-state index contributed by atoms with van der Waals surface area (Å²) in [6.07, 6.45) is 2.35. The summed E-state index contributed by atoms with van der Waals surface area (Å²) in [6, 6.07) is 14.0. The molecule has 1 aliphatic rings. The zero-order chi connectivity index (χ0) is 19.5. The minimum absolute atomic E-state index is 0.0503. The van der Waals surface area contributed by atoms with Crippen molar-refractivity contribution >= 4 is 34.1 Å². The molecular formula is C21H24N4O2S. The molecule has 0 aliphatic carbocycles. The van der Waals surface area contributed by atoms with E-state index in [0.717, 1.165) is 53.4 Å². The smallest absolute Gasteiger partial charge is 0.237 e. The molecule has 3 aromatic rings. The Morgan fingerprint density at radius 1 is 1.29 bits per heavy atom. The number of hydrogen-bond donors (Lipinski definition) is 1. The van der Waals surface area contributed by atoms with E-state index in [4.69, 9.17) is 4.74 Å². The number of nitrogens with zero attached hydrogens (tertiary/aromatic N) is 3. The van der Waals surface area contributed by atoms with Gasteiger partial charge in [0, 0.05) is 17.7 Å². The van der Waals surface area contributed by atoms with Crippen LogP contribution >= 0.6 is 11.8 Å². The van der Waals surface area contributed by atoms with Crippen LogP contribution in [0.5, 0.6) is 0 Å². The van der Waals surface area contributed by atoms with E-state index in [1.165, 1.54) is 11.8 Å². The summed E-state index contributed by atoms with van der Waals surface area (Å²) in [4.78, 5) is 12.8. The molecule has 1 N–H and O–H groups in total. The zero-order valence-corrected chi connectivity index (χ0v) is 16.9. The van der Waals surface area contributed by atoms with Crippen molar-refractivity contribution in [3.63, 3.8) is 0 Å². The second kappa shape index (κ2) is 8.32. The molecule has 0 saturated carbocycles. The highest BCUT2D eigenvalue weighted by molar-refractivity contribution is 8.00. The molecule has 7 heteroatoms. The predicted octanol–water partition coefficient (Wildman–Crippen LogP) is 4.04. The number of ether oxygens (including phenoxy) is 1. The van der Waals surface area contributed by atoms with Crippen molar-refractivity contribution in [1.82, 2.24) is 14.8 Å². The second-order valence-electron chi connectivity index (χ2n) is 7.05. The monoisotopic (exact) mass is 396 g/mol. The van der Waals surface area contributed by atoms with E-state index in [2.05, 4.69) is 20.1 Å². The van der Waals surface area contributed by atoms with Crippen LogP contribution in [0.1, 0.15) is 25.6 Å². The van der Waals surface area contributed by atoms with Crippen LogP contribution in [0.3, 0.4) is 0 Å². The first-order valence-electron chi connectivity index (χ1n) is 9.58. The molecule has 28 heavy (non-hydrogen) atoms. The molecule has 0 radical (unpaired) electrons. The summed E-state index contributed by atoms with van der Waals surface area (Å²) >= 11 is 1.43. The average Bonchev–Trinajstić information content (AvgIpc) is 3.34. The summed E-state index contributed by atoms with van der Waals surface area (Å²) in [7, 11) is 0. The molecule has 2 heterocycles. The van der Waals surface area contributed by atoms with Crippen LogP contribution in [0.15, 0.2) is 47.6 Å². The number of hydrogen-bond acceptors (Lipinski definition) is 5. The molecule has 146 valence electrons. The molecule has 2 aromatic carbocycles. The maximum absolute atomic E-state index is 12.8. The third-order valence-electron chi connectivity index (χ3n) is 5.01. The number of rotatable bonds is 6. The van der Waals surface area contributed by atoms with Crippen molar-refractivity contribution < 1.29 is 9.53 Å². The molecule has 1 aliphatic heterocycles.